The summed E-state index contributed by atoms with van der Waals surface area (Å²) in [6.45, 7) is 5.72. The fourth-order valence-corrected chi connectivity index (χ4v) is 3.10. The number of aryl methyl sites for hydroxylation is 1. The largest absolute Gasteiger partial charge is 0.468 e. The summed E-state index contributed by atoms with van der Waals surface area (Å²) in [6.07, 6.45) is 0.995. The zero-order valence-corrected chi connectivity index (χ0v) is 12.3. The molecule has 0 unspecified atom stereocenters. The fraction of sp³-hybridized carbons (Fsp3) is 0.500. The molecule has 2 heterocycles. The third kappa shape index (κ3) is 3.07. The second-order valence-corrected chi connectivity index (χ2v) is 6.20. The SMILES string of the molecule is CCO[C@H](C)c1noc(CS(=O)(=O)c2ccoc2C)n1. The molecule has 0 fully saturated rings. The van der Waals surface area contributed by atoms with Gasteiger partial charge in [0, 0.05) is 6.61 Å². The molecule has 7 nitrogen and oxygen atoms in total. The molecule has 2 aromatic heterocycles. The number of furan rings is 1. The second kappa shape index (κ2) is 5.76. The van der Waals surface area contributed by atoms with E-state index in [-0.39, 0.29) is 22.6 Å². The normalized spacial score (nSPS) is 13.6. The van der Waals surface area contributed by atoms with Crippen LogP contribution in [0.5, 0.6) is 0 Å². The summed E-state index contributed by atoms with van der Waals surface area (Å²) >= 11 is 0. The lowest BCUT2D eigenvalue weighted by Gasteiger charge is -2.04. The third-order valence-electron chi connectivity index (χ3n) is 2.72. The summed E-state index contributed by atoms with van der Waals surface area (Å²) in [4.78, 5) is 4.18. The Balaban J connectivity index is 2.17. The van der Waals surface area contributed by atoms with Crippen molar-refractivity contribution in [1.29, 1.82) is 0 Å². The molecule has 0 bridgehead atoms. The molecular weight excluding hydrogens is 284 g/mol. The predicted octanol–water partition coefficient (Wildman–Crippen LogP) is 2.04. The number of sulfone groups is 1. The van der Waals surface area contributed by atoms with Crippen LogP contribution in [-0.4, -0.2) is 25.2 Å². The molecule has 0 spiro atoms. The summed E-state index contributed by atoms with van der Waals surface area (Å²) in [5.74, 6) is 0.347. The highest BCUT2D eigenvalue weighted by Gasteiger charge is 2.24. The zero-order valence-electron chi connectivity index (χ0n) is 11.5. The standard InChI is InChI=1S/C12H16N2O5S/c1-4-17-9(3)12-13-11(19-14-12)7-20(15,16)10-5-6-18-8(10)2/h5-6,9H,4,7H2,1-3H3/t9-/m1/s1. The molecule has 0 radical (unpaired) electrons. The van der Waals surface area contributed by atoms with Gasteiger partial charge in [0.15, 0.2) is 15.7 Å². The van der Waals surface area contributed by atoms with E-state index >= 15 is 0 Å². The van der Waals surface area contributed by atoms with Gasteiger partial charge in [-0.25, -0.2) is 8.42 Å². The van der Waals surface area contributed by atoms with Crippen molar-refractivity contribution in [1.82, 2.24) is 10.1 Å². The molecule has 0 aliphatic rings. The number of hydrogen-bond acceptors (Lipinski definition) is 7. The quantitative estimate of drug-likeness (QED) is 0.805. The van der Waals surface area contributed by atoms with Crippen LogP contribution >= 0.6 is 0 Å². The van der Waals surface area contributed by atoms with E-state index in [2.05, 4.69) is 10.1 Å². The number of aromatic nitrogens is 2. The average molecular weight is 300 g/mol. The second-order valence-electron chi connectivity index (χ2n) is 4.24. The fourth-order valence-electron chi connectivity index (χ4n) is 1.75. The van der Waals surface area contributed by atoms with Gasteiger partial charge in [-0.15, -0.1) is 0 Å². The molecule has 0 aromatic carbocycles. The van der Waals surface area contributed by atoms with Crippen LogP contribution in [0.4, 0.5) is 0 Å². The van der Waals surface area contributed by atoms with Crippen LogP contribution in [0.2, 0.25) is 0 Å². The zero-order chi connectivity index (χ0) is 14.8. The highest BCUT2D eigenvalue weighted by Crippen LogP contribution is 2.21. The van der Waals surface area contributed by atoms with Crippen LogP contribution in [-0.2, 0) is 20.3 Å². The van der Waals surface area contributed by atoms with Gasteiger partial charge >= 0.3 is 0 Å². The lowest BCUT2D eigenvalue weighted by atomic mass is 10.4. The Morgan fingerprint density at radius 2 is 2.20 bits per heavy atom. The number of hydrogen-bond donors (Lipinski definition) is 0. The lowest BCUT2D eigenvalue weighted by molar-refractivity contribution is 0.0683. The maximum atomic E-state index is 12.2. The summed E-state index contributed by atoms with van der Waals surface area (Å²) in [6, 6.07) is 1.41. The van der Waals surface area contributed by atoms with Crippen LogP contribution in [0.15, 0.2) is 26.2 Å². The predicted molar refractivity (Wildman–Crippen MR) is 68.7 cm³/mol. The van der Waals surface area contributed by atoms with E-state index in [1.807, 2.05) is 6.92 Å². The maximum Gasteiger partial charge on any atom is 0.242 e. The van der Waals surface area contributed by atoms with Gasteiger partial charge in [-0.05, 0) is 26.8 Å². The Morgan fingerprint density at radius 3 is 2.80 bits per heavy atom. The molecule has 0 saturated heterocycles. The Labute approximate surface area is 116 Å². The van der Waals surface area contributed by atoms with Gasteiger partial charge in [0.25, 0.3) is 0 Å². The van der Waals surface area contributed by atoms with E-state index in [0.717, 1.165) is 0 Å². The van der Waals surface area contributed by atoms with Crippen molar-refractivity contribution in [2.75, 3.05) is 6.61 Å². The molecule has 8 heteroatoms. The Hall–Kier alpha value is -1.67. The summed E-state index contributed by atoms with van der Waals surface area (Å²) in [7, 11) is -3.56. The monoisotopic (exact) mass is 300 g/mol. The first-order valence-electron chi connectivity index (χ1n) is 6.15. The minimum Gasteiger partial charge on any atom is -0.468 e. The molecule has 0 amide bonds. The molecule has 0 aliphatic heterocycles. The van der Waals surface area contributed by atoms with Gasteiger partial charge < -0.3 is 13.7 Å². The van der Waals surface area contributed by atoms with E-state index in [9.17, 15) is 8.42 Å². The molecule has 0 aliphatic carbocycles. The molecule has 2 aromatic rings. The summed E-state index contributed by atoms with van der Waals surface area (Å²) in [5.41, 5.74) is 0. The Bertz CT molecular complexity index is 674. The first-order chi connectivity index (χ1) is 9.44. The minimum atomic E-state index is -3.56. The first-order valence-corrected chi connectivity index (χ1v) is 7.80. The molecule has 110 valence electrons. The van der Waals surface area contributed by atoms with Crippen LogP contribution in [0.25, 0.3) is 0 Å². The van der Waals surface area contributed by atoms with Crippen LogP contribution in [0.1, 0.15) is 37.4 Å². The van der Waals surface area contributed by atoms with Crippen molar-refractivity contribution >= 4 is 9.84 Å². The Kier molecular flexibility index (Phi) is 4.24. The van der Waals surface area contributed by atoms with Crippen molar-refractivity contribution < 1.29 is 22.1 Å². The van der Waals surface area contributed by atoms with E-state index in [1.165, 1.54) is 12.3 Å². The molecule has 2 rings (SSSR count). The topological polar surface area (TPSA) is 95.4 Å². The van der Waals surface area contributed by atoms with E-state index in [0.29, 0.717) is 18.2 Å². The van der Waals surface area contributed by atoms with Gasteiger partial charge in [-0.2, -0.15) is 4.98 Å². The summed E-state index contributed by atoms with van der Waals surface area (Å²) in [5, 5.41) is 3.72. The van der Waals surface area contributed by atoms with Crippen LogP contribution < -0.4 is 0 Å². The minimum absolute atomic E-state index is 0.0344. The number of nitrogens with zero attached hydrogens (tertiary/aromatic N) is 2. The van der Waals surface area contributed by atoms with Crippen molar-refractivity contribution in [3.63, 3.8) is 0 Å². The van der Waals surface area contributed by atoms with Crippen LogP contribution in [0.3, 0.4) is 0 Å². The number of ether oxygens (including phenoxy) is 1. The van der Waals surface area contributed by atoms with Crippen LogP contribution in [0, 0.1) is 6.92 Å². The molecule has 20 heavy (non-hydrogen) atoms. The van der Waals surface area contributed by atoms with E-state index < -0.39 is 9.84 Å². The van der Waals surface area contributed by atoms with Crippen molar-refractivity contribution in [3.05, 3.63) is 29.8 Å². The van der Waals surface area contributed by atoms with Gasteiger partial charge in [-0.1, -0.05) is 5.16 Å². The summed E-state index contributed by atoms with van der Waals surface area (Å²) < 4.78 is 39.6. The maximum absolute atomic E-state index is 12.2. The van der Waals surface area contributed by atoms with Crippen molar-refractivity contribution in [3.8, 4) is 0 Å². The third-order valence-corrected chi connectivity index (χ3v) is 4.44. The molecule has 0 saturated carbocycles. The van der Waals surface area contributed by atoms with E-state index in [1.54, 1.807) is 13.8 Å². The van der Waals surface area contributed by atoms with Crippen molar-refractivity contribution in [2.45, 2.75) is 37.5 Å². The van der Waals surface area contributed by atoms with Gasteiger partial charge in [0.05, 0.1) is 6.26 Å². The van der Waals surface area contributed by atoms with Gasteiger partial charge in [0.1, 0.15) is 22.5 Å². The van der Waals surface area contributed by atoms with Gasteiger partial charge in [0.2, 0.25) is 5.89 Å². The smallest absolute Gasteiger partial charge is 0.242 e. The number of rotatable bonds is 6. The molecule has 0 N–H and O–H groups in total. The highest BCUT2D eigenvalue weighted by atomic mass is 32.2. The lowest BCUT2D eigenvalue weighted by Crippen LogP contribution is -2.06. The highest BCUT2D eigenvalue weighted by molar-refractivity contribution is 7.90. The first kappa shape index (κ1) is 14.7. The molecule has 1 atom stereocenters. The van der Waals surface area contributed by atoms with Gasteiger partial charge in [-0.3, -0.25) is 0 Å². The Morgan fingerprint density at radius 1 is 1.45 bits per heavy atom. The molecular formula is C12H16N2O5S. The average Bonchev–Trinajstić information content (AvgIpc) is 2.98. The van der Waals surface area contributed by atoms with E-state index in [4.69, 9.17) is 13.7 Å². The van der Waals surface area contributed by atoms with Crippen molar-refractivity contribution in [2.24, 2.45) is 0 Å².